The van der Waals surface area contributed by atoms with Crippen molar-refractivity contribution in [2.45, 2.75) is 0 Å². The van der Waals surface area contributed by atoms with Gasteiger partial charge in [-0.05, 0) is 47.8 Å². The highest BCUT2D eigenvalue weighted by molar-refractivity contribution is 9.21. The van der Waals surface area contributed by atoms with Gasteiger partial charge in [-0.15, -0.1) is 0 Å². The first-order valence-corrected chi connectivity index (χ1v) is 4.22. The molecule has 0 fully saturated rings. The Morgan fingerprint density at radius 2 is 1.62 bits per heavy atom. The molecule has 0 heterocycles. The van der Waals surface area contributed by atoms with Crippen molar-refractivity contribution in [3.63, 3.8) is 0 Å². The van der Waals surface area contributed by atoms with Gasteiger partial charge in [-0.25, -0.2) is 0 Å². The van der Waals surface area contributed by atoms with Gasteiger partial charge in [0.15, 0.2) is 0 Å². The molecule has 0 N–H and O–H groups in total. The number of allylic oxidation sites excluding steroid dienone is 1. The predicted octanol–water partition coefficient (Wildman–Crippen LogP) is 3.11. The average Bonchev–Trinajstić information content (AvgIpc) is 1.64. The van der Waals surface area contributed by atoms with Crippen molar-refractivity contribution in [1.29, 1.82) is 0 Å². The molecule has 0 unspecified atom stereocenters. The van der Waals surface area contributed by atoms with Crippen LogP contribution in [0.4, 0.5) is 0 Å². The molecule has 8 heavy (non-hydrogen) atoms. The van der Waals surface area contributed by atoms with Crippen LogP contribution in [0.15, 0.2) is 8.42 Å². The molecule has 1 nitrogen and oxygen atoms in total. The Balaban J connectivity index is 4.23. The van der Waals surface area contributed by atoms with Gasteiger partial charge in [0.1, 0.15) is 3.94 Å². The predicted molar refractivity (Wildman–Crippen MR) is 44.7 cm³/mol. The third-order valence-electron chi connectivity index (χ3n) is 0.338. The van der Waals surface area contributed by atoms with Crippen LogP contribution in [0.5, 0.6) is 0 Å². The maximum atomic E-state index is 10.3. The van der Waals surface area contributed by atoms with Crippen LogP contribution in [0.1, 0.15) is 0 Å². The Hall–Kier alpha value is 1.14. The normalized spacial score (nSPS) is 13.0. The zero-order valence-electron chi connectivity index (χ0n) is 3.42. The maximum absolute atomic E-state index is 10.3. The van der Waals surface area contributed by atoms with Gasteiger partial charge < -0.3 is 0 Å². The third-order valence-corrected chi connectivity index (χ3v) is 3.37. The Bertz CT molecular complexity index is 137. The van der Waals surface area contributed by atoms with Gasteiger partial charge in [0.05, 0.1) is 4.48 Å². The van der Waals surface area contributed by atoms with Crippen molar-refractivity contribution in [3.05, 3.63) is 8.42 Å². The molecule has 0 bridgehead atoms. The van der Waals surface area contributed by atoms with E-state index in [4.69, 9.17) is 11.6 Å². The van der Waals surface area contributed by atoms with E-state index in [1.165, 1.54) is 0 Å². The first-order chi connectivity index (χ1) is 3.55. The highest BCUT2D eigenvalue weighted by Gasteiger charge is 2.03. The van der Waals surface area contributed by atoms with E-state index in [-0.39, 0.29) is 8.63 Å². The second-order valence-electron chi connectivity index (χ2n) is 0.848. The fourth-order valence-electron chi connectivity index (χ4n) is 0.0743. The van der Waals surface area contributed by atoms with Crippen LogP contribution >= 0.6 is 59.4 Å². The molecule has 0 aliphatic rings. The summed E-state index contributed by atoms with van der Waals surface area (Å²) in [6.45, 7) is 0. The summed E-state index contributed by atoms with van der Waals surface area (Å²) in [5.74, 6) is 0. The zero-order valence-corrected chi connectivity index (χ0v) is 8.93. The summed E-state index contributed by atoms with van der Waals surface area (Å²) in [4.78, 5) is 10.3. The van der Waals surface area contributed by atoms with Crippen molar-refractivity contribution in [3.8, 4) is 0 Å². The van der Waals surface area contributed by atoms with E-state index in [9.17, 15) is 4.79 Å². The van der Waals surface area contributed by atoms with E-state index < -0.39 is 0 Å². The van der Waals surface area contributed by atoms with E-state index in [1.807, 2.05) is 0 Å². The van der Waals surface area contributed by atoms with Gasteiger partial charge >= 0.3 is 0 Å². The summed E-state index contributed by atoms with van der Waals surface area (Å²) >= 11 is 13.8. The topological polar surface area (TPSA) is 17.1 Å². The number of hydrogen-bond acceptors (Lipinski definition) is 1. The third kappa shape index (κ3) is 3.22. The Labute approximate surface area is 76.8 Å². The number of halogens is 4. The largest absolute Gasteiger partial charge is 0.280 e. The van der Waals surface area contributed by atoms with Crippen LogP contribution in [0.25, 0.3) is 0 Å². The summed E-state index contributed by atoms with van der Waals surface area (Å²) in [7, 11) is 0. The second-order valence-corrected chi connectivity index (χ2v) is 3.99. The van der Waals surface area contributed by atoms with Gasteiger partial charge in [0.25, 0.3) is 0 Å². The van der Waals surface area contributed by atoms with Crippen LogP contribution < -0.4 is 0 Å². The zero-order chi connectivity index (χ0) is 6.73. The Morgan fingerprint density at radius 1 is 1.25 bits per heavy atom. The molecule has 5 heteroatoms. The Morgan fingerprint density at radius 3 is 1.62 bits per heavy atom. The van der Waals surface area contributed by atoms with Crippen LogP contribution in [0.3, 0.4) is 0 Å². The first kappa shape index (κ1) is 9.14. The standard InChI is InChI=1S/C3Br3ClO/c4-1(2(5)7)3(6)8/b2-1-. The van der Waals surface area contributed by atoms with E-state index in [0.717, 1.165) is 0 Å². The molecule has 46 valence electrons. The molecular formula is C3Br3ClO. The first-order valence-electron chi connectivity index (χ1n) is 1.46. The van der Waals surface area contributed by atoms with Gasteiger partial charge in [-0.2, -0.15) is 0 Å². The molecule has 0 radical (unpaired) electrons. The van der Waals surface area contributed by atoms with E-state index in [0.29, 0.717) is 4.48 Å². The molecule has 0 rings (SSSR count). The minimum Gasteiger partial charge on any atom is -0.280 e. The molecule has 0 aliphatic heterocycles. The van der Waals surface area contributed by atoms with Crippen LogP contribution in [-0.2, 0) is 4.79 Å². The molecule has 0 aliphatic carbocycles. The second kappa shape index (κ2) is 4.04. The lowest BCUT2D eigenvalue weighted by Crippen LogP contribution is -1.81. The number of carbonyl (C=O) groups excluding carboxylic acids is 1. The van der Waals surface area contributed by atoms with Crippen LogP contribution in [0, 0.1) is 0 Å². The van der Waals surface area contributed by atoms with Gasteiger partial charge in [-0.3, -0.25) is 4.79 Å². The summed E-state index contributed by atoms with van der Waals surface area (Å²) in [6.07, 6.45) is 0. The lowest BCUT2D eigenvalue weighted by Gasteiger charge is -1.85. The molecule has 0 aromatic heterocycles. The fraction of sp³-hybridized carbons (Fsp3) is 0. The summed E-state index contributed by atoms with van der Waals surface area (Å²) in [5.41, 5.74) is 0. The van der Waals surface area contributed by atoms with Crippen molar-refractivity contribution in [2.24, 2.45) is 0 Å². The van der Waals surface area contributed by atoms with Crippen molar-refractivity contribution in [1.82, 2.24) is 0 Å². The lowest BCUT2D eigenvalue weighted by atomic mass is 10.7. The van der Waals surface area contributed by atoms with E-state index in [2.05, 4.69) is 47.8 Å². The molecule has 0 spiro atoms. The molecule has 0 atom stereocenters. The highest BCUT2D eigenvalue weighted by atomic mass is 79.9. The molecular weight excluding hydrogens is 327 g/mol. The molecule has 0 saturated heterocycles. The smallest absolute Gasteiger partial charge is 0.237 e. The number of carbonyl (C=O) groups is 1. The fourth-order valence-corrected chi connectivity index (χ4v) is 0.919. The van der Waals surface area contributed by atoms with Crippen molar-refractivity contribution < 1.29 is 4.79 Å². The molecule has 0 aromatic carbocycles. The quantitative estimate of drug-likeness (QED) is 0.534. The molecule has 0 aromatic rings. The van der Waals surface area contributed by atoms with Gasteiger partial charge in [-0.1, -0.05) is 11.6 Å². The summed E-state index contributed by atoms with van der Waals surface area (Å²) in [6, 6.07) is 0. The lowest BCUT2D eigenvalue weighted by molar-refractivity contribution is -0.106. The molecule has 0 saturated carbocycles. The summed E-state index contributed by atoms with van der Waals surface area (Å²) in [5, 5.41) is 0. The average molecular weight is 327 g/mol. The minimum absolute atomic E-state index is 0.263. The van der Waals surface area contributed by atoms with Crippen LogP contribution in [-0.4, -0.2) is 4.69 Å². The van der Waals surface area contributed by atoms with E-state index in [1.54, 1.807) is 0 Å². The van der Waals surface area contributed by atoms with Crippen molar-refractivity contribution >= 4 is 64.1 Å². The van der Waals surface area contributed by atoms with Gasteiger partial charge in [0.2, 0.25) is 4.69 Å². The highest BCUT2D eigenvalue weighted by Crippen LogP contribution is 2.23. The number of hydrogen-bond donors (Lipinski definition) is 0. The van der Waals surface area contributed by atoms with Gasteiger partial charge in [0, 0.05) is 0 Å². The van der Waals surface area contributed by atoms with Crippen LogP contribution in [0.2, 0.25) is 0 Å². The van der Waals surface area contributed by atoms with Crippen molar-refractivity contribution in [2.75, 3.05) is 0 Å². The minimum atomic E-state index is -0.278. The number of rotatable bonds is 1. The Kier molecular flexibility index (Phi) is 4.61. The maximum Gasteiger partial charge on any atom is 0.237 e. The molecule has 0 amide bonds. The summed E-state index contributed by atoms with van der Waals surface area (Å²) < 4.78 is 0.276. The monoisotopic (exact) mass is 324 g/mol. The SMILES string of the molecule is O=C(Br)/C(Br)=C(/Cl)Br. The van der Waals surface area contributed by atoms with E-state index >= 15 is 0 Å².